The van der Waals surface area contributed by atoms with E-state index in [1.54, 1.807) is 6.21 Å². The summed E-state index contributed by atoms with van der Waals surface area (Å²) in [6.45, 7) is 2.77. The van der Waals surface area contributed by atoms with E-state index in [1.807, 2.05) is 30.3 Å². The maximum atomic E-state index is 12.5. The molecule has 0 unspecified atom stereocenters. The average molecular weight is 413 g/mol. The van der Waals surface area contributed by atoms with Gasteiger partial charge >= 0.3 is 0 Å². The van der Waals surface area contributed by atoms with Crippen LogP contribution in [-0.4, -0.2) is 12.1 Å². The van der Waals surface area contributed by atoms with Gasteiger partial charge in [-0.05, 0) is 70.3 Å². The van der Waals surface area contributed by atoms with Crippen LogP contribution < -0.4 is 10.2 Å². The Labute approximate surface area is 183 Å². The number of amides is 1. The Morgan fingerprint density at radius 3 is 2.71 bits per heavy atom. The second kappa shape index (κ2) is 8.18. The minimum atomic E-state index is 0.0701. The van der Waals surface area contributed by atoms with Crippen molar-refractivity contribution >= 4 is 22.9 Å². The third-order valence-corrected chi connectivity index (χ3v) is 7.16. The molecule has 0 radical (unpaired) electrons. The zero-order valence-electron chi connectivity index (χ0n) is 17.9. The van der Waals surface area contributed by atoms with Gasteiger partial charge < -0.3 is 4.74 Å². The number of carbonyl (C=O) groups is 1. The molecule has 3 aromatic rings. The number of carbonyl (C=O) groups excluding carboxylic acids is 1. The lowest BCUT2D eigenvalue weighted by atomic mass is 9.90. The molecule has 2 aliphatic carbocycles. The molecule has 1 amide bonds. The van der Waals surface area contributed by atoms with Gasteiger partial charge in [-0.3, -0.25) is 4.79 Å². The van der Waals surface area contributed by atoms with Crippen molar-refractivity contribution in [1.82, 2.24) is 5.43 Å². The molecule has 0 bridgehead atoms. The summed E-state index contributed by atoms with van der Waals surface area (Å²) in [7, 11) is 0. The summed E-state index contributed by atoms with van der Waals surface area (Å²) in [5, 5.41) is 6.62. The van der Waals surface area contributed by atoms with Gasteiger partial charge in [0.25, 0.3) is 0 Å². The zero-order chi connectivity index (χ0) is 21.3. The highest BCUT2D eigenvalue weighted by Gasteiger charge is 2.64. The predicted octanol–water partition coefficient (Wildman–Crippen LogP) is 5.70. The number of nitrogens with zero attached hydrogens (tertiary/aromatic N) is 1. The molecule has 3 atom stereocenters. The predicted molar refractivity (Wildman–Crippen MR) is 124 cm³/mol. The fourth-order valence-electron chi connectivity index (χ4n) is 5.32. The van der Waals surface area contributed by atoms with E-state index in [0.29, 0.717) is 12.5 Å². The number of hydrogen-bond acceptors (Lipinski definition) is 3. The van der Waals surface area contributed by atoms with Crippen LogP contribution in [0, 0.1) is 17.3 Å². The number of benzene rings is 3. The fraction of sp³-hybridized carbons (Fsp3) is 0.333. The highest BCUT2D eigenvalue weighted by Crippen LogP contribution is 2.66. The van der Waals surface area contributed by atoms with E-state index in [0.717, 1.165) is 11.3 Å². The highest BCUT2D eigenvalue weighted by molar-refractivity contribution is 5.86. The minimum Gasteiger partial charge on any atom is -0.489 e. The Hall–Kier alpha value is -3.14. The number of nitrogens with one attached hydrogen (secondary N) is 1. The van der Waals surface area contributed by atoms with E-state index < -0.39 is 0 Å². The Bertz CT molecular complexity index is 1120. The van der Waals surface area contributed by atoms with Crippen molar-refractivity contribution in [2.75, 3.05) is 0 Å². The van der Waals surface area contributed by atoms with Crippen LogP contribution in [0.1, 0.15) is 43.7 Å². The Balaban J connectivity index is 1.15. The molecule has 0 aromatic heterocycles. The van der Waals surface area contributed by atoms with Crippen LogP contribution in [0.5, 0.6) is 5.75 Å². The second-order valence-corrected chi connectivity index (χ2v) is 9.07. The maximum absolute atomic E-state index is 12.5. The summed E-state index contributed by atoms with van der Waals surface area (Å²) >= 11 is 0. The Morgan fingerprint density at radius 1 is 1.10 bits per heavy atom. The molecule has 0 spiro atoms. The van der Waals surface area contributed by atoms with Crippen LogP contribution in [-0.2, 0) is 11.4 Å². The van der Waals surface area contributed by atoms with Crippen molar-refractivity contribution in [2.24, 2.45) is 22.4 Å². The third kappa shape index (κ3) is 3.95. The molecule has 3 aromatic carbocycles. The van der Waals surface area contributed by atoms with Crippen molar-refractivity contribution in [1.29, 1.82) is 0 Å². The minimum absolute atomic E-state index is 0.0701. The average Bonchev–Trinajstić information content (AvgIpc) is 3.44. The number of ether oxygens (including phenoxy) is 1. The van der Waals surface area contributed by atoms with Crippen molar-refractivity contribution < 1.29 is 9.53 Å². The Morgan fingerprint density at radius 2 is 1.90 bits per heavy atom. The molecular formula is C27H28N2O2. The second-order valence-electron chi connectivity index (χ2n) is 9.07. The molecule has 2 aliphatic rings. The van der Waals surface area contributed by atoms with Gasteiger partial charge in [-0.25, -0.2) is 5.43 Å². The molecule has 0 saturated heterocycles. The van der Waals surface area contributed by atoms with Crippen LogP contribution in [0.25, 0.3) is 10.8 Å². The van der Waals surface area contributed by atoms with Crippen LogP contribution in [0.3, 0.4) is 0 Å². The number of hydrogen-bond donors (Lipinski definition) is 1. The lowest BCUT2D eigenvalue weighted by Gasteiger charge is -2.15. The SMILES string of the molecule is C[C@]12CCCC[C@H]1[C@@H]2C(=O)N/N=C\c1ccc(OCc2cccc3ccccc23)cc1. The molecule has 4 heteroatoms. The monoisotopic (exact) mass is 412 g/mol. The maximum Gasteiger partial charge on any atom is 0.244 e. The normalized spacial score (nSPS) is 24.7. The first-order chi connectivity index (χ1) is 15.1. The fourth-order valence-corrected chi connectivity index (χ4v) is 5.32. The molecule has 1 N–H and O–H groups in total. The molecule has 158 valence electrons. The summed E-state index contributed by atoms with van der Waals surface area (Å²) in [4.78, 5) is 12.5. The summed E-state index contributed by atoms with van der Waals surface area (Å²) in [6, 6.07) is 22.4. The van der Waals surface area contributed by atoms with Gasteiger partial charge in [-0.2, -0.15) is 5.10 Å². The van der Waals surface area contributed by atoms with Crippen LogP contribution in [0.2, 0.25) is 0 Å². The van der Waals surface area contributed by atoms with Crippen molar-refractivity contribution in [2.45, 2.75) is 39.2 Å². The quantitative estimate of drug-likeness (QED) is 0.417. The summed E-state index contributed by atoms with van der Waals surface area (Å²) in [5.74, 6) is 1.57. The first kappa shape index (κ1) is 19.8. The van der Waals surface area contributed by atoms with Crippen LogP contribution >= 0.6 is 0 Å². The molecule has 0 aliphatic heterocycles. The van der Waals surface area contributed by atoms with Crippen LogP contribution in [0.4, 0.5) is 0 Å². The Kier molecular flexibility index (Phi) is 5.23. The van der Waals surface area contributed by atoms with E-state index in [2.05, 4.69) is 53.8 Å². The van der Waals surface area contributed by atoms with E-state index in [1.165, 1.54) is 42.0 Å². The van der Waals surface area contributed by atoms with Gasteiger partial charge in [0.05, 0.1) is 6.21 Å². The first-order valence-electron chi connectivity index (χ1n) is 11.2. The van der Waals surface area contributed by atoms with Crippen molar-refractivity contribution in [3.05, 3.63) is 77.9 Å². The van der Waals surface area contributed by atoms with E-state index in [9.17, 15) is 4.79 Å². The van der Waals surface area contributed by atoms with Gasteiger partial charge in [0.1, 0.15) is 12.4 Å². The van der Waals surface area contributed by atoms with Gasteiger partial charge in [0, 0.05) is 5.92 Å². The third-order valence-electron chi connectivity index (χ3n) is 7.16. The largest absolute Gasteiger partial charge is 0.489 e. The summed E-state index contributed by atoms with van der Waals surface area (Å²) in [6.07, 6.45) is 6.54. The molecule has 5 rings (SSSR count). The van der Waals surface area contributed by atoms with Crippen LogP contribution in [0.15, 0.2) is 71.8 Å². The van der Waals surface area contributed by atoms with Gasteiger partial charge in [0.15, 0.2) is 0 Å². The molecule has 4 nitrogen and oxygen atoms in total. The summed E-state index contributed by atoms with van der Waals surface area (Å²) in [5.41, 5.74) is 5.06. The topological polar surface area (TPSA) is 50.7 Å². The lowest BCUT2D eigenvalue weighted by molar-refractivity contribution is -0.123. The number of fused-ring (bicyclic) bond motifs is 2. The smallest absolute Gasteiger partial charge is 0.244 e. The molecule has 2 fully saturated rings. The van der Waals surface area contributed by atoms with E-state index in [-0.39, 0.29) is 17.2 Å². The zero-order valence-corrected chi connectivity index (χ0v) is 17.9. The van der Waals surface area contributed by atoms with E-state index >= 15 is 0 Å². The first-order valence-corrected chi connectivity index (χ1v) is 11.2. The van der Waals surface area contributed by atoms with Crippen molar-refractivity contribution in [3.63, 3.8) is 0 Å². The highest BCUT2D eigenvalue weighted by atomic mass is 16.5. The molecular weight excluding hydrogens is 384 g/mol. The molecule has 31 heavy (non-hydrogen) atoms. The van der Waals surface area contributed by atoms with Crippen molar-refractivity contribution in [3.8, 4) is 5.75 Å². The number of rotatable bonds is 6. The van der Waals surface area contributed by atoms with E-state index in [4.69, 9.17) is 4.74 Å². The standard InChI is InChI=1S/C27H28N2O2/c1-27-16-5-4-11-24(27)25(27)26(30)29-28-17-19-12-14-22(15-13-19)31-18-21-9-6-8-20-7-2-3-10-23(20)21/h2-3,6-10,12-15,17,24-25H,4-5,11,16,18H2,1H3,(H,29,30)/b28-17-/t24-,25+,27-/m0/s1. The molecule has 2 saturated carbocycles. The summed E-state index contributed by atoms with van der Waals surface area (Å²) < 4.78 is 5.99. The van der Waals surface area contributed by atoms with Gasteiger partial charge in [-0.15, -0.1) is 0 Å². The molecule has 0 heterocycles. The number of hydrazone groups is 1. The van der Waals surface area contributed by atoms with Gasteiger partial charge in [-0.1, -0.05) is 62.2 Å². The van der Waals surface area contributed by atoms with Gasteiger partial charge in [0.2, 0.25) is 5.91 Å². The lowest BCUT2D eigenvalue weighted by Crippen LogP contribution is -2.22.